The van der Waals surface area contributed by atoms with Crippen molar-refractivity contribution in [3.8, 4) is 11.5 Å². The maximum absolute atomic E-state index is 12.4. The second-order valence-corrected chi connectivity index (χ2v) is 5.88. The Morgan fingerprint density at radius 1 is 1.38 bits per heavy atom. The van der Waals surface area contributed by atoms with Gasteiger partial charge in [-0.25, -0.2) is 0 Å². The molecule has 2 atom stereocenters. The summed E-state index contributed by atoms with van der Waals surface area (Å²) < 4.78 is 10.5. The summed E-state index contributed by atoms with van der Waals surface area (Å²) >= 11 is 0. The number of ether oxygens (including phenoxy) is 2. The van der Waals surface area contributed by atoms with Crippen molar-refractivity contribution in [1.29, 1.82) is 0 Å². The number of rotatable bonds is 7. The van der Waals surface area contributed by atoms with E-state index in [1.165, 1.54) is 0 Å². The lowest BCUT2D eigenvalue weighted by atomic mass is 10.1. The van der Waals surface area contributed by atoms with Gasteiger partial charge in [-0.3, -0.25) is 9.59 Å². The normalized spacial score (nSPS) is 18.4. The molecular formula is C17H25N3O4. The van der Waals surface area contributed by atoms with Gasteiger partial charge >= 0.3 is 0 Å². The lowest BCUT2D eigenvalue weighted by Crippen LogP contribution is -2.40. The molecule has 0 aliphatic carbocycles. The molecule has 1 fully saturated rings. The van der Waals surface area contributed by atoms with Crippen LogP contribution in [0.1, 0.15) is 13.3 Å². The maximum atomic E-state index is 12.4. The zero-order chi connectivity index (χ0) is 17.7. The summed E-state index contributed by atoms with van der Waals surface area (Å²) in [6.07, 6.45) is 0.203. The van der Waals surface area contributed by atoms with Crippen molar-refractivity contribution in [1.82, 2.24) is 10.6 Å². The van der Waals surface area contributed by atoms with Gasteiger partial charge in [-0.05, 0) is 26.1 Å². The Morgan fingerprint density at radius 2 is 2.12 bits per heavy atom. The number of carbonyl (C=O) groups is 2. The molecule has 7 nitrogen and oxygen atoms in total. The van der Waals surface area contributed by atoms with Gasteiger partial charge in [0.2, 0.25) is 11.8 Å². The number of amides is 2. The van der Waals surface area contributed by atoms with Crippen molar-refractivity contribution >= 4 is 17.5 Å². The fourth-order valence-corrected chi connectivity index (χ4v) is 2.62. The number of nitrogens with one attached hydrogen (secondary N) is 2. The number of likely N-dealkylation sites (N-methyl/N-ethyl adjacent to an activating group) is 1. The minimum Gasteiger partial charge on any atom is -0.497 e. The van der Waals surface area contributed by atoms with Gasteiger partial charge in [-0.2, -0.15) is 0 Å². The van der Waals surface area contributed by atoms with E-state index in [1.807, 2.05) is 14.0 Å². The predicted molar refractivity (Wildman–Crippen MR) is 91.5 cm³/mol. The van der Waals surface area contributed by atoms with Gasteiger partial charge in [0.25, 0.3) is 0 Å². The summed E-state index contributed by atoms with van der Waals surface area (Å²) in [5, 5.41) is 5.94. The molecule has 1 aromatic carbocycles. The monoisotopic (exact) mass is 335 g/mol. The predicted octanol–water partition coefficient (Wildman–Crippen LogP) is 0.781. The Hall–Kier alpha value is -2.28. The van der Waals surface area contributed by atoms with E-state index in [9.17, 15) is 9.59 Å². The van der Waals surface area contributed by atoms with Crippen molar-refractivity contribution in [2.45, 2.75) is 19.4 Å². The molecule has 0 radical (unpaired) electrons. The topological polar surface area (TPSA) is 79.9 Å². The van der Waals surface area contributed by atoms with E-state index in [4.69, 9.17) is 9.47 Å². The van der Waals surface area contributed by atoms with Crippen LogP contribution in [0.4, 0.5) is 5.69 Å². The van der Waals surface area contributed by atoms with Crippen LogP contribution in [-0.4, -0.2) is 52.2 Å². The average Bonchev–Trinajstić information content (AvgIpc) is 3.00. The zero-order valence-electron chi connectivity index (χ0n) is 14.6. The Labute approximate surface area is 142 Å². The highest BCUT2D eigenvalue weighted by molar-refractivity contribution is 6.01. The van der Waals surface area contributed by atoms with Crippen molar-refractivity contribution in [2.75, 3.05) is 39.3 Å². The van der Waals surface area contributed by atoms with Gasteiger partial charge in [0, 0.05) is 31.6 Å². The number of hydrogen-bond acceptors (Lipinski definition) is 5. The first-order valence-corrected chi connectivity index (χ1v) is 7.97. The molecule has 2 amide bonds. The molecule has 2 N–H and O–H groups in total. The second kappa shape index (κ2) is 8.01. The van der Waals surface area contributed by atoms with E-state index in [0.717, 1.165) is 0 Å². The van der Waals surface area contributed by atoms with Gasteiger partial charge < -0.3 is 25.0 Å². The van der Waals surface area contributed by atoms with Crippen molar-refractivity contribution < 1.29 is 19.1 Å². The molecule has 0 bridgehead atoms. The molecule has 1 aromatic rings. The van der Waals surface area contributed by atoms with Crippen LogP contribution >= 0.6 is 0 Å². The molecular weight excluding hydrogens is 310 g/mol. The lowest BCUT2D eigenvalue weighted by molar-refractivity contribution is -0.126. The third-order valence-electron chi connectivity index (χ3n) is 4.25. The van der Waals surface area contributed by atoms with Gasteiger partial charge in [-0.15, -0.1) is 0 Å². The molecule has 1 aliphatic heterocycles. The first-order chi connectivity index (χ1) is 11.5. The summed E-state index contributed by atoms with van der Waals surface area (Å²) in [7, 11) is 4.96. The van der Waals surface area contributed by atoms with Crippen LogP contribution in [0.2, 0.25) is 0 Å². The highest BCUT2D eigenvalue weighted by Gasteiger charge is 2.36. The maximum Gasteiger partial charge on any atom is 0.227 e. The van der Waals surface area contributed by atoms with Crippen LogP contribution in [0.3, 0.4) is 0 Å². The quantitative estimate of drug-likeness (QED) is 0.770. The SMILES string of the molecule is CNC(C)CNC(=O)C1CC(=O)N(c2ccc(OC)cc2OC)C1. The minimum absolute atomic E-state index is 0.0831. The number of benzene rings is 1. The molecule has 132 valence electrons. The standard InChI is InChI=1S/C17H25N3O4/c1-11(18-2)9-19-17(22)12-7-16(21)20(10-12)14-6-5-13(23-3)8-15(14)24-4/h5-6,8,11-12,18H,7,9-10H2,1-4H3,(H,19,22). The van der Waals surface area contributed by atoms with E-state index < -0.39 is 0 Å². The lowest BCUT2D eigenvalue weighted by Gasteiger charge is -2.20. The van der Waals surface area contributed by atoms with Crippen LogP contribution in [-0.2, 0) is 9.59 Å². The molecule has 1 aliphatic rings. The smallest absolute Gasteiger partial charge is 0.227 e. The van der Waals surface area contributed by atoms with Crippen LogP contribution in [0.25, 0.3) is 0 Å². The third kappa shape index (κ3) is 3.97. The molecule has 0 spiro atoms. The first-order valence-electron chi connectivity index (χ1n) is 7.97. The highest BCUT2D eigenvalue weighted by atomic mass is 16.5. The largest absolute Gasteiger partial charge is 0.497 e. The Morgan fingerprint density at radius 3 is 2.75 bits per heavy atom. The third-order valence-corrected chi connectivity index (χ3v) is 4.25. The fraction of sp³-hybridized carbons (Fsp3) is 0.529. The number of methoxy groups -OCH3 is 2. The molecule has 1 saturated heterocycles. The molecule has 0 aromatic heterocycles. The van der Waals surface area contributed by atoms with E-state index in [2.05, 4.69) is 10.6 Å². The zero-order valence-corrected chi connectivity index (χ0v) is 14.6. The van der Waals surface area contributed by atoms with E-state index in [-0.39, 0.29) is 30.2 Å². The molecule has 7 heteroatoms. The Bertz CT molecular complexity index is 605. The number of anilines is 1. The van der Waals surface area contributed by atoms with Gasteiger partial charge in [0.15, 0.2) is 0 Å². The van der Waals surface area contributed by atoms with E-state index >= 15 is 0 Å². The van der Waals surface area contributed by atoms with Gasteiger partial charge in [0.05, 0.1) is 25.8 Å². The number of carbonyl (C=O) groups excluding carboxylic acids is 2. The van der Waals surface area contributed by atoms with Crippen LogP contribution in [0.15, 0.2) is 18.2 Å². The summed E-state index contributed by atoms with van der Waals surface area (Å²) in [5.41, 5.74) is 0.655. The summed E-state index contributed by atoms with van der Waals surface area (Å²) in [6, 6.07) is 5.46. The summed E-state index contributed by atoms with van der Waals surface area (Å²) in [5.74, 6) is 0.666. The van der Waals surface area contributed by atoms with E-state index in [0.29, 0.717) is 30.3 Å². The highest BCUT2D eigenvalue weighted by Crippen LogP contribution is 2.35. The van der Waals surface area contributed by atoms with Crippen LogP contribution in [0.5, 0.6) is 11.5 Å². The van der Waals surface area contributed by atoms with Crippen LogP contribution in [0, 0.1) is 5.92 Å². The Balaban J connectivity index is 2.08. The molecule has 2 rings (SSSR count). The minimum atomic E-state index is -0.353. The molecule has 0 saturated carbocycles. The number of hydrogen-bond donors (Lipinski definition) is 2. The number of nitrogens with zero attached hydrogens (tertiary/aromatic N) is 1. The summed E-state index contributed by atoms with van der Waals surface area (Å²) in [4.78, 5) is 26.2. The molecule has 1 heterocycles. The Kier molecular flexibility index (Phi) is 6.03. The van der Waals surface area contributed by atoms with Crippen LogP contribution < -0.4 is 25.0 Å². The van der Waals surface area contributed by atoms with Crippen molar-refractivity contribution in [3.05, 3.63) is 18.2 Å². The van der Waals surface area contributed by atoms with Crippen molar-refractivity contribution in [3.63, 3.8) is 0 Å². The second-order valence-electron chi connectivity index (χ2n) is 5.88. The molecule has 2 unspecified atom stereocenters. The van der Waals surface area contributed by atoms with Crippen molar-refractivity contribution in [2.24, 2.45) is 5.92 Å². The van der Waals surface area contributed by atoms with E-state index in [1.54, 1.807) is 37.3 Å². The van der Waals surface area contributed by atoms with Gasteiger partial charge in [0.1, 0.15) is 11.5 Å². The fourth-order valence-electron chi connectivity index (χ4n) is 2.62. The average molecular weight is 335 g/mol. The molecule has 24 heavy (non-hydrogen) atoms. The summed E-state index contributed by atoms with van der Waals surface area (Å²) in [6.45, 7) is 2.86. The first kappa shape index (κ1) is 18.1. The van der Waals surface area contributed by atoms with Gasteiger partial charge in [-0.1, -0.05) is 0 Å².